The van der Waals surface area contributed by atoms with Crippen LogP contribution in [0.25, 0.3) is 0 Å². The highest BCUT2D eigenvalue weighted by molar-refractivity contribution is 9.10. The Hall–Kier alpha value is -0.500. The van der Waals surface area contributed by atoms with Crippen LogP contribution in [0.1, 0.15) is 16.5 Å². The third kappa shape index (κ3) is 3.74. The van der Waals surface area contributed by atoms with E-state index in [0.29, 0.717) is 0 Å². The van der Waals surface area contributed by atoms with Crippen LogP contribution in [-0.2, 0) is 6.42 Å². The number of hydrogen-bond donors (Lipinski definition) is 0. The van der Waals surface area contributed by atoms with Crippen LogP contribution in [0.4, 0.5) is 0 Å². The van der Waals surface area contributed by atoms with Gasteiger partial charge in [0.1, 0.15) is 0 Å². The zero-order valence-corrected chi connectivity index (χ0v) is 12.1. The van der Waals surface area contributed by atoms with Gasteiger partial charge in [-0.2, -0.15) is 0 Å². The Morgan fingerprint density at radius 2 is 1.76 bits per heavy atom. The molecule has 0 bridgehead atoms. The largest absolute Gasteiger partial charge is 0.117 e. The molecule has 0 aliphatic carbocycles. The van der Waals surface area contributed by atoms with E-state index in [2.05, 4.69) is 15.9 Å². The van der Waals surface area contributed by atoms with Crippen LogP contribution in [0, 0.1) is 0 Å². The highest BCUT2D eigenvalue weighted by Gasteiger charge is 2.08. The Balaban J connectivity index is 2.11. The van der Waals surface area contributed by atoms with Crippen molar-refractivity contribution in [3.63, 3.8) is 0 Å². The van der Waals surface area contributed by atoms with E-state index in [1.54, 1.807) is 0 Å². The first-order valence-electron chi connectivity index (χ1n) is 5.29. The molecule has 0 amide bonds. The number of hydrogen-bond acceptors (Lipinski definition) is 0. The summed E-state index contributed by atoms with van der Waals surface area (Å²) in [6.45, 7) is 0. The van der Waals surface area contributed by atoms with Crippen LogP contribution >= 0.6 is 39.1 Å². The van der Waals surface area contributed by atoms with Gasteiger partial charge in [-0.1, -0.05) is 51.8 Å². The maximum atomic E-state index is 6.39. The van der Waals surface area contributed by atoms with Gasteiger partial charge in [0.05, 0.1) is 5.38 Å². The Bertz CT molecular complexity index is 494. The molecule has 2 aromatic carbocycles. The third-order valence-electron chi connectivity index (χ3n) is 2.54. The van der Waals surface area contributed by atoms with Crippen molar-refractivity contribution in [2.75, 3.05) is 0 Å². The molecular formula is C14H11BrCl2. The molecule has 0 spiro atoms. The summed E-state index contributed by atoms with van der Waals surface area (Å²) in [7, 11) is 0. The monoisotopic (exact) mass is 328 g/mol. The van der Waals surface area contributed by atoms with E-state index in [4.69, 9.17) is 23.2 Å². The van der Waals surface area contributed by atoms with Gasteiger partial charge in [-0.05, 0) is 41.8 Å². The lowest BCUT2D eigenvalue weighted by molar-refractivity contribution is 0.919. The number of alkyl halides is 1. The van der Waals surface area contributed by atoms with Crippen LogP contribution in [0.3, 0.4) is 0 Å². The normalized spacial score (nSPS) is 12.4. The van der Waals surface area contributed by atoms with E-state index in [0.717, 1.165) is 27.0 Å². The number of rotatable bonds is 3. The lowest BCUT2D eigenvalue weighted by atomic mass is 10.0. The molecule has 0 aliphatic heterocycles. The first-order valence-corrected chi connectivity index (χ1v) is 6.90. The maximum Gasteiger partial charge on any atom is 0.0625 e. The van der Waals surface area contributed by atoms with E-state index >= 15 is 0 Å². The standard InChI is InChI=1S/C14H11BrCl2/c15-12-6-4-11(5-7-12)14(17)9-10-2-1-3-13(16)8-10/h1-8,14H,9H2. The second-order valence-electron chi connectivity index (χ2n) is 3.85. The summed E-state index contributed by atoms with van der Waals surface area (Å²) in [5.41, 5.74) is 2.27. The number of halogens is 3. The van der Waals surface area contributed by atoms with Gasteiger partial charge in [0, 0.05) is 9.50 Å². The molecule has 2 aromatic rings. The molecule has 88 valence electrons. The van der Waals surface area contributed by atoms with E-state index in [1.807, 2.05) is 48.5 Å². The van der Waals surface area contributed by atoms with Crippen molar-refractivity contribution in [1.29, 1.82) is 0 Å². The summed E-state index contributed by atoms with van der Waals surface area (Å²) in [6.07, 6.45) is 0.781. The van der Waals surface area contributed by atoms with Crippen molar-refractivity contribution in [2.45, 2.75) is 11.8 Å². The SMILES string of the molecule is Clc1cccc(CC(Cl)c2ccc(Br)cc2)c1. The van der Waals surface area contributed by atoms with Gasteiger partial charge in [-0.25, -0.2) is 0 Å². The Morgan fingerprint density at radius 1 is 1.06 bits per heavy atom. The second kappa shape index (κ2) is 5.90. The first-order chi connectivity index (χ1) is 8.15. The number of benzene rings is 2. The van der Waals surface area contributed by atoms with Gasteiger partial charge in [-0.3, -0.25) is 0 Å². The smallest absolute Gasteiger partial charge is 0.0625 e. The minimum absolute atomic E-state index is 0.0263. The van der Waals surface area contributed by atoms with E-state index < -0.39 is 0 Å². The highest BCUT2D eigenvalue weighted by atomic mass is 79.9. The molecule has 0 aromatic heterocycles. The minimum Gasteiger partial charge on any atom is -0.117 e. The predicted molar refractivity (Wildman–Crippen MR) is 77.9 cm³/mol. The van der Waals surface area contributed by atoms with Gasteiger partial charge in [0.15, 0.2) is 0 Å². The summed E-state index contributed by atoms with van der Waals surface area (Å²) in [6, 6.07) is 15.9. The predicted octanol–water partition coefficient (Wildman–Crippen LogP) is 5.63. The first kappa shape index (κ1) is 12.9. The molecule has 17 heavy (non-hydrogen) atoms. The van der Waals surface area contributed by atoms with Gasteiger partial charge < -0.3 is 0 Å². The Kier molecular flexibility index (Phi) is 4.49. The lowest BCUT2D eigenvalue weighted by Crippen LogP contribution is -1.95. The van der Waals surface area contributed by atoms with Crippen LogP contribution in [-0.4, -0.2) is 0 Å². The molecule has 0 saturated heterocycles. The summed E-state index contributed by atoms with van der Waals surface area (Å²) in [5.74, 6) is 0. The maximum absolute atomic E-state index is 6.39. The molecule has 0 fully saturated rings. The van der Waals surface area contributed by atoms with Crippen molar-refractivity contribution < 1.29 is 0 Å². The molecular weight excluding hydrogens is 319 g/mol. The summed E-state index contributed by atoms with van der Waals surface area (Å²) in [5, 5.41) is 0.726. The zero-order chi connectivity index (χ0) is 12.3. The van der Waals surface area contributed by atoms with Crippen molar-refractivity contribution in [3.05, 3.63) is 69.2 Å². The fourth-order valence-electron chi connectivity index (χ4n) is 1.66. The van der Waals surface area contributed by atoms with Crippen LogP contribution < -0.4 is 0 Å². The lowest BCUT2D eigenvalue weighted by Gasteiger charge is -2.10. The van der Waals surface area contributed by atoms with E-state index in [1.165, 1.54) is 0 Å². The topological polar surface area (TPSA) is 0 Å². The molecule has 0 saturated carbocycles. The molecule has 0 radical (unpaired) electrons. The van der Waals surface area contributed by atoms with Crippen molar-refractivity contribution in [1.82, 2.24) is 0 Å². The highest BCUT2D eigenvalue weighted by Crippen LogP contribution is 2.27. The van der Waals surface area contributed by atoms with Gasteiger partial charge in [-0.15, -0.1) is 11.6 Å². The molecule has 1 unspecified atom stereocenters. The molecule has 0 heterocycles. The molecule has 0 nitrogen and oxygen atoms in total. The zero-order valence-electron chi connectivity index (χ0n) is 9.04. The average Bonchev–Trinajstić information content (AvgIpc) is 2.29. The van der Waals surface area contributed by atoms with E-state index in [9.17, 15) is 0 Å². The van der Waals surface area contributed by atoms with Crippen molar-refractivity contribution >= 4 is 39.1 Å². The summed E-state index contributed by atoms with van der Waals surface area (Å²) < 4.78 is 1.06. The molecule has 2 rings (SSSR count). The molecule has 1 atom stereocenters. The fourth-order valence-corrected chi connectivity index (χ4v) is 2.46. The minimum atomic E-state index is -0.0263. The van der Waals surface area contributed by atoms with Gasteiger partial charge >= 0.3 is 0 Å². The second-order valence-corrected chi connectivity index (χ2v) is 5.73. The Morgan fingerprint density at radius 3 is 2.41 bits per heavy atom. The van der Waals surface area contributed by atoms with E-state index in [-0.39, 0.29) is 5.38 Å². The van der Waals surface area contributed by atoms with Gasteiger partial charge in [0.25, 0.3) is 0 Å². The third-order valence-corrected chi connectivity index (χ3v) is 3.71. The average molecular weight is 330 g/mol. The van der Waals surface area contributed by atoms with Crippen LogP contribution in [0.15, 0.2) is 53.0 Å². The summed E-state index contributed by atoms with van der Waals surface area (Å²) in [4.78, 5) is 0. The fraction of sp³-hybridized carbons (Fsp3) is 0.143. The molecule has 0 aliphatic rings. The summed E-state index contributed by atoms with van der Waals surface area (Å²) >= 11 is 15.7. The molecule has 3 heteroatoms. The van der Waals surface area contributed by atoms with Crippen molar-refractivity contribution in [2.24, 2.45) is 0 Å². The van der Waals surface area contributed by atoms with Crippen molar-refractivity contribution in [3.8, 4) is 0 Å². The quantitative estimate of drug-likeness (QED) is 0.640. The van der Waals surface area contributed by atoms with Gasteiger partial charge in [0.2, 0.25) is 0 Å². The van der Waals surface area contributed by atoms with Crippen LogP contribution in [0.5, 0.6) is 0 Å². The van der Waals surface area contributed by atoms with Crippen LogP contribution in [0.2, 0.25) is 5.02 Å². The Labute approximate surface area is 120 Å². The molecule has 0 N–H and O–H groups in total.